The van der Waals surface area contributed by atoms with Crippen LogP contribution in [0.4, 0.5) is 0 Å². The average Bonchev–Trinajstić information content (AvgIpc) is 2.98. The summed E-state index contributed by atoms with van der Waals surface area (Å²) in [4.78, 5) is 13.6. The molecule has 0 spiro atoms. The highest BCUT2D eigenvalue weighted by atomic mass is 32.1. The van der Waals surface area contributed by atoms with Crippen LogP contribution in [0.25, 0.3) is 0 Å². The largest absolute Gasteiger partial charge is 0.461 e. The van der Waals surface area contributed by atoms with Crippen LogP contribution in [-0.2, 0) is 6.42 Å². The van der Waals surface area contributed by atoms with Crippen LogP contribution in [-0.4, -0.2) is 5.78 Å². The molecule has 3 rings (SSSR count). The maximum absolute atomic E-state index is 12.2. The Balaban J connectivity index is 1.96. The first kappa shape index (κ1) is 9.85. The Kier molecular flexibility index (Phi) is 2.40. The maximum atomic E-state index is 12.2. The van der Waals surface area contributed by atoms with E-state index >= 15 is 0 Å². The van der Waals surface area contributed by atoms with Crippen molar-refractivity contribution < 1.29 is 9.21 Å². The van der Waals surface area contributed by atoms with Crippen molar-refractivity contribution in [1.82, 2.24) is 0 Å². The molecule has 3 heteroatoms. The Hall–Kier alpha value is -1.35. The van der Waals surface area contributed by atoms with Crippen molar-refractivity contribution in [3.05, 3.63) is 46.0 Å². The number of hydrogen-bond donors (Lipinski definition) is 0. The third kappa shape index (κ3) is 1.52. The summed E-state index contributed by atoms with van der Waals surface area (Å²) in [5, 5.41) is 2.08. The Labute approximate surface area is 97.9 Å². The zero-order valence-electron chi connectivity index (χ0n) is 8.81. The molecule has 0 radical (unpaired) electrons. The first-order valence-corrected chi connectivity index (χ1v) is 6.38. The highest BCUT2D eigenvalue weighted by Crippen LogP contribution is 2.36. The molecule has 2 heterocycles. The van der Waals surface area contributed by atoms with Gasteiger partial charge in [-0.1, -0.05) is 0 Å². The number of aryl methyl sites for hydroxylation is 1. The van der Waals surface area contributed by atoms with E-state index < -0.39 is 0 Å². The summed E-state index contributed by atoms with van der Waals surface area (Å²) in [5.41, 5.74) is 1.22. The molecule has 0 bridgehead atoms. The van der Waals surface area contributed by atoms with E-state index in [0.717, 1.165) is 19.3 Å². The molecule has 2 aromatic rings. The van der Waals surface area contributed by atoms with Gasteiger partial charge in [0.05, 0.1) is 12.2 Å². The lowest BCUT2D eigenvalue weighted by atomic mass is 9.84. The molecule has 0 saturated carbocycles. The fourth-order valence-electron chi connectivity index (χ4n) is 2.35. The lowest BCUT2D eigenvalue weighted by Gasteiger charge is -2.20. The van der Waals surface area contributed by atoms with Gasteiger partial charge in [0.25, 0.3) is 0 Å². The van der Waals surface area contributed by atoms with Gasteiger partial charge in [0.15, 0.2) is 5.76 Å². The second-order valence-electron chi connectivity index (χ2n) is 4.09. The Morgan fingerprint density at radius 1 is 1.44 bits per heavy atom. The zero-order valence-corrected chi connectivity index (χ0v) is 9.63. The van der Waals surface area contributed by atoms with E-state index in [1.54, 1.807) is 29.7 Å². The van der Waals surface area contributed by atoms with Gasteiger partial charge in [0, 0.05) is 4.88 Å². The minimum Gasteiger partial charge on any atom is -0.461 e. The van der Waals surface area contributed by atoms with Crippen LogP contribution < -0.4 is 0 Å². The van der Waals surface area contributed by atoms with Crippen molar-refractivity contribution in [3.63, 3.8) is 0 Å². The van der Waals surface area contributed by atoms with Crippen LogP contribution in [0.15, 0.2) is 34.3 Å². The second kappa shape index (κ2) is 3.91. The minimum absolute atomic E-state index is 0.0150. The Bertz CT molecular complexity index is 496. The van der Waals surface area contributed by atoms with Crippen molar-refractivity contribution in [2.75, 3.05) is 0 Å². The van der Waals surface area contributed by atoms with Gasteiger partial charge in [-0.2, -0.15) is 0 Å². The van der Waals surface area contributed by atoms with Crippen LogP contribution in [0.1, 0.15) is 39.8 Å². The summed E-state index contributed by atoms with van der Waals surface area (Å²) in [6.07, 6.45) is 4.73. The number of fused-ring (bicyclic) bond motifs is 1. The lowest BCUT2D eigenvalue weighted by molar-refractivity contribution is 0.0924. The first-order chi connectivity index (χ1) is 7.86. The van der Waals surface area contributed by atoms with Gasteiger partial charge < -0.3 is 4.42 Å². The topological polar surface area (TPSA) is 30.2 Å². The number of carbonyl (C=O) groups is 1. The molecule has 1 aliphatic carbocycles. The molecule has 1 atom stereocenters. The molecule has 0 N–H and O–H groups in total. The molecule has 0 fully saturated rings. The fraction of sp³-hybridized carbons (Fsp3) is 0.308. The molecule has 0 saturated heterocycles. The number of carbonyl (C=O) groups excluding carboxylic acids is 1. The van der Waals surface area contributed by atoms with Gasteiger partial charge in [-0.15, -0.1) is 11.3 Å². The number of rotatable bonds is 2. The number of thiophene rings is 1. The normalized spacial score (nSPS) is 19.4. The van der Waals surface area contributed by atoms with Crippen molar-refractivity contribution in [2.45, 2.75) is 25.2 Å². The van der Waals surface area contributed by atoms with E-state index in [2.05, 4.69) is 11.4 Å². The number of ketones is 1. The van der Waals surface area contributed by atoms with E-state index in [9.17, 15) is 4.79 Å². The highest BCUT2D eigenvalue weighted by molar-refractivity contribution is 7.10. The van der Waals surface area contributed by atoms with Crippen LogP contribution >= 0.6 is 11.3 Å². The third-order valence-corrected chi connectivity index (χ3v) is 4.13. The second-order valence-corrected chi connectivity index (χ2v) is 5.09. The summed E-state index contributed by atoms with van der Waals surface area (Å²) in [5.74, 6) is 0.634. The molecule has 2 aromatic heterocycles. The van der Waals surface area contributed by atoms with Gasteiger partial charge in [-0.25, -0.2) is 0 Å². The number of furan rings is 1. The summed E-state index contributed by atoms with van der Waals surface area (Å²) >= 11 is 1.76. The lowest BCUT2D eigenvalue weighted by Crippen LogP contribution is -2.16. The van der Waals surface area contributed by atoms with Crippen LogP contribution in [0, 0.1) is 0 Å². The fourth-order valence-corrected chi connectivity index (χ4v) is 3.34. The molecule has 0 amide bonds. The van der Waals surface area contributed by atoms with Gasteiger partial charge in [-0.05, 0) is 48.4 Å². The van der Waals surface area contributed by atoms with Crippen molar-refractivity contribution in [3.8, 4) is 0 Å². The number of Topliss-reactive ketones (excluding diaryl/α,β-unsaturated/α-hetero) is 1. The van der Waals surface area contributed by atoms with Gasteiger partial charge in [0.1, 0.15) is 0 Å². The molecule has 1 aliphatic rings. The maximum Gasteiger partial charge on any atom is 0.205 e. The molecular formula is C13H12O2S. The summed E-state index contributed by atoms with van der Waals surface area (Å²) in [6.45, 7) is 0. The van der Waals surface area contributed by atoms with E-state index in [1.165, 1.54) is 10.4 Å². The molecule has 2 nitrogen and oxygen atoms in total. The molecule has 0 aromatic carbocycles. The molecule has 82 valence electrons. The Morgan fingerprint density at radius 2 is 2.38 bits per heavy atom. The van der Waals surface area contributed by atoms with Gasteiger partial charge in [0.2, 0.25) is 5.78 Å². The number of hydrogen-bond acceptors (Lipinski definition) is 3. The molecule has 1 unspecified atom stereocenters. The van der Waals surface area contributed by atoms with E-state index in [0.29, 0.717) is 5.76 Å². The standard InChI is InChI=1S/C13H12O2S/c14-13(11-4-2-7-15-11)10-3-1-5-12-9(10)6-8-16-12/h2,4,6-8,10H,1,3,5H2. The van der Waals surface area contributed by atoms with Crippen LogP contribution in [0.2, 0.25) is 0 Å². The summed E-state index contributed by atoms with van der Waals surface area (Å²) in [7, 11) is 0. The smallest absolute Gasteiger partial charge is 0.205 e. The minimum atomic E-state index is 0.0150. The van der Waals surface area contributed by atoms with Crippen LogP contribution in [0.3, 0.4) is 0 Å². The van der Waals surface area contributed by atoms with Gasteiger partial charge >= 0.3 is 0 Å². The predicted octanol–water partition coefficient (Wildman–Crippen LogP) is 3.64. The van der Waals surface area contributed by atoms with Crippen molar-refractivity contribution in [2.24, 2.45) is 0 Å². The quantitative estimate of drug-likeness (QED) is 0.740. The monoisotopic (exact) mass is 232 g/mol. The van der Waals surface area contributed by atoms with Crippen LogP contribution in [0.5, 0.6) is 0 Å². The summed E-state index contributed by atoms with van der Waals surface area (Å²) < 4.78 is 5.19. The molecule has 0 aliphatic heterocycles. The van der Waals surface area contributed by atoms with Gasteiger partial charge in [-0.3, -0.25) is 4.79 Å². The SMILES string of the molecule is O=C(c1ccco1)C1CCCc2sccc21. The van der Waals surface area contributed by atoms with Crippen molar-refractivity contribution in [1.29, 1.82) is 0 Å². The molecular weight excluding hydrogens is 220 g/mol. The van der Waals surface area contributed by atoms with E-state index in [1.807, 2.05) is 0 Å². The Morgan fingerprint density at radius 3 is 3.19 bits per heavy atom. The molecule has 16 heavy (non-hydrogen) atoms. The first-order valence-electron chi connectivity index (χ1n) is 5.50. The predicted molar refractivity (Wildman–Crippen MR) is 63.0 cm³/mol. The summed E-state index contributed by atoms with van der Waals surface area (Å²) in [6, 6.07) is 5.61. The highest BCUT2D eigenvalue weighted by Gasteiger charge is 2.29. The van der Waals surface area contributed by atoms with E-state index in [-0.39, 0.29) is 11.7 Å². The third-order valence-electron chi connectivity index (χ3n) is 3.13. The average molecular weight is 232 g/mol. The zero-order chi connectivity index (χ0) is 11.0. The van der Waals surface area contributed by atoms with Crippen molar-refractivity contribution >= 4 is 17.1 Å². The van der Waals surface area contributed by atoms with E-state index in [4.69, 9.17) is 4.42 Å².